The largest absolute Gasteiger partial charge is 0.489 e. The molecule has 0 aliphatic heterocycles. The maximum absolute atomic E-state index is 6.24. The van der Waals surface area contributed by atoms with E-state index in [0.717, 1.165) is 22.0 Å². The molecule has 0 saturated carbocycles. The fraction of sp³-hybridized carbons (Fsp3) is 0.294. The second-order valence-corrected chi connectivity index (χ2v) is 5.46. The number of para-hydroxylation sites is 2. The Bertz CT molecular complexity index is 568. The lowest BCUT2D eigenvalue weighted by Crippen LogP contribution is -2.11. The van der Waals surface area contributed by atoms with E-state index in [0.29, 0.717) is 0 Å². The van der Waals surface area contributed by atoms with Crippen molar-refractivity contribution in [1.82, 2.24) is 0 Å². The first-order valence-corrected chi connectivity index (χ1v) is 7.22. The highest BCUT2D eigenvalue weighted by Crippen LogP contribution is 2.31. The summed E-state index contributed by atoms with van der Waals surface area (Å²) < 4.78 is 5.82. The lowest BCUT2D eigenvalue weighted by Gasteiger charge is -2.20. The Hall–Kier alpha value is -1.67. The molecule has 1 N–H and O–H groups in total. The van der Waals surface area contributed by atoms with Crippen molar-refractivity contribution >= 4 is 17.3 Å². The molecule has 20 heavy (non-hydrogen) atoms. The molecule has 1 unspecified atom stereocenters. The molecular formula is C17H20ClNO. The fourth-order valence-electron chi connectivity index (χ4n) is 2.08. The van der Waals surface area contributed by atoms with Crippen molar-refractivity contribution in [3.63, 3.8) is 0 Å². The Labute approximate surface area is 125 Å². The van der Waals surface area contributed by atoms with Crippen LogP contribution in [-0.4, -0.2) is 6.10 Å². The van der Waals surface area contributed by atoms with Crippen LogP contribution < -0.4 is 10.1 Å². The monoisotopic (exact) mass is 289 g/mol. The van der Waals surface area contributed by atoms with Crippen LogP contribution >= 0.6 is 11.6 Å². The molecule has 0 aliphatic rings. The zero-order valence-electron chi connectivity index (χ0n) is 12.1. The molecule has 3 heteroatoms. The maximum atomic E-state index is 6.24. The zero-order valence-corrected chi connectivity index (χ0v) is 12.8. The van der Waals surface area contributed by atoms with Crippen molar-refractivity contribution in [3.05, 3.63) is 59.1 Å². The molecule has 0 bridgehead atoms. The van der Waals surface area contributed by atoms with E-state index >= 15 is 0 Å². The van der Waals surface area contributed by atoms with Crippen LogP contribution in [0.5, 0.6) is 5.75 Å². The van der Waals surface area contributed by atoms with Gasteiger partial charge in [0.15, 0.2) is 0 Å². The van der Waals surface area contributed by atoms with Gasteiger partial charge in [0.1, 0.15) is 5.75 Å². The molecule has 2 aromatic carbocycles. The quantitative estimate of drug-likeness (QED) is 0.806. The van der Waals surface area contributed by atoms with Gasteiger partial charge in [-0.1, -0.05) is 41.9 Å². The molecule has 0 fully saturated rings. The summed E-state index contributed by atoms with van der Waals surface area (Å²) in [4.78, 5) is 0. The van der Waals surface area contributed by atoms with Crippen LogP contribution in [0.4, 0.5) is 5.69 Å². The van der Waals surface area contributed by atoms with Gasteiger partial charge < -0.3 is 10.1 Å². The van der Waals surface area contributed by atoms with Gasteiger partial charge in [-0.2, -0.15) is 0 Å². The molecule has 2 aromatic rings. The van der Waals surface area contributed by atoms with Crippen molar-refractivity contribution in [3.8, 4) is 5.75 Å². The number of rotatable bonds is 5. The molecule has 0 radical (unpaired) electrons. The van der Waals surface area contributed by atoms with Crippen molar-refractivity contribution < 1.29 is 4.74 Å². The molecule has 1 atom stereocenters. The van der Waals surface area contributed by atoms with E-state index in [4.69, 9.17) is 16.3 Å². The van der Waals surface area contributed by atoms with E-state index in [1.807, 2.05) is 62.4 Å². The van der Waals surface area contributed by atoms with Crippen LogP contribution in [0.3, 0.4) is 0 Å². The highest BCUT2D eigenvalue weighted by Gasteiger charge is 2.12. The Balaban J connectivity index is 2.20. The molecule has 0 heterocycles. The first-order valence-electron chi connectivity index (χ1n) is 6.84. The summed E-state index contributed by atoms with van der Waals surface area (Å²) in [5.74, 6) is 0.862. The van der Waals surface area contributed by atoms with Crippen LogP contribution in [0.1, 0.15) is 32.4 Å². The predicted octanol–water partition coefficient (Wildman–Crippen LogP) is 5.30. The molecule has 2 nitrogen and oxygen atoms in total. The van der Waals surface area contributed by atoms with Gasteiger partial charge in [-0.15, -0.1) is 0 Å². The van der Waals surface area contributed by atoms with Crippen LogP contribution in [0.25, 0.3) is 0 Å². The summed E-state index contributed by atoms with van der Waals surface area (Å²) in [6.07, 6.45) is 0.147. The van der Waals surface area contributed by atoms with Crippen molar-refractivity contribution in [1.29, 1.82) is 0 Å². The van der Waals surface area contributed by atoms with E-state index in [-0.39, 0.29) is 12.1 Å². The molecule has 0 aliphatic carbocycles. The predicted molar refractivity (Wildman–Crippen MR) is 85.7 cm³/mol. The van der Waals surface area contributed by atoms with Crippen molar-refractivity contribution in [2.75, 3.05) is 5.32 Å². The summed E-state index contributed by atoms with van der Waals surface area (Å²) in [7, 11) is 0. The number of hydrogen-bond donors (Lipinski definition) is 1. The molecule has 2 rings (SSSR count). The lowest BCUT2D eigenvalue weighted by atomic mass is 10.1. The highest BCUT2D eigenvalue weighted by molar-refractivity contribution is 6.31. The van der Waals surface area contributed by atoms with Gasteiger partial charge in [0.25, 0.3) is 0 Å². The van der Waals surface area contributed by atoms with Crippen LogP contribution in [-0.2, 0) is 0 Å². The minimum Gasteiger partial charge on any atom is -0.489 e. The van der Waals surface area contributed by atoms with Gasteiger partial charge in [-0.25, -0.2) is 0 Å². The summed E-state index contributed by atoms with van der Waals surface area (Å²) in [6.45, 7) is 6.13. The molecule has 0 amide bonds. The minimum absolute atomic E-state index is 0.112. The molecule has 0 spiro atoms. The third-order valence-corrected chi connectivity index (χ3v) is 3.34. The standard InChI is InChI=1S/C17H20ClNO/c1-12(2)20-17-11-7-6-10-16(17)19-13(3)14-8-4-5-9-15(14)18/h4-13,19H,1-3H3. The summed E-state index contributed by atoms with van der Waals surface area (Å²) in [6, 6.07) is 16.0. The normalized spacial score (nSPS) is 12.2. The van der Waals surface area contributed by atoms with Crippen molar-refractivity contribution in [2.24, 2.45) is 0 Å². The van der Waals surface area contributed by atoms with E-state index in [1.54, 1.807) is 0 Å². The number of halogens is 1. The van der Waals surface area contributed by atoms with E-state index < -0.39 is 0 Å². The highest BCUT2D eigenvalue weighted by atomic mass is 35.5. The lowest BCUT2D eigenvalue weighted by molar-refractivity contribution is 0.243. The third kappa shape index (κ3) is 3.67. The minimum atomic E-state index is 0.112. The van der Waals surface area contributed by atoms with Crippen LogP contribution in [0.15, 0.2) is 48.5 Å². The first kappa shape index (κ1) is 14.7. The fourth-order valence-corrected chi connectivity index (χ4v) is 2.38. The Kier molecular flexibility index (Phi) is 4.91. The second kappa shape index (κ2) is 6.67. The van der Waals surface area contributed by atoms with Gasteiger partial charge in [-0.05, 0) is 44.5 Å². The summed E-state index contributed by atoms with van der Waals surface area (Å²) in [5, 5.41) is 4.24. The van der Waals surface area contributed by atoms with E-state index in [9.17, 15) is 0 Å². The molecule has 106 valence electrons. The number of hydrogen-bond acceptors (Lipinski definition) is 2. The number of anilines is 1. The van der Waals surface area contributed by atoms with Crippen molar-refractivity contribution in [2.45, 2.75) is 32.9 Å². The Morgan fingerprint density at radius 1 is 0.950 bits per heavy atom. The van der Waals surface area contributed by atoms with Gasteiger partial charge in [0.2, 0.25) is 0 Å². The number of nitrogens with one attached hydrogen (secondary N) is 1. The van der Waals surface area contributed by atoms with Gasteiger partial charge in [-0.3, -0.25) is 0 Å². The summed E-state index contributed by atoms with van der Waals surface area (Å²) >= 11 is 6.24. The molecule has 0 aromatic heterocycles. The van der Waals surface area contributed by atoms with E-state index in [2.05, 4.69) is 12.2 Å². The van der Waals surface area contributed by atoms with Crippen LogP contribution in [0.2, 0.25) is 5.02 Å². The van der Waals surface area contributed by atoms with E-state index in [1.165, 1.54) is 0 Å². The first-order chi connectivity index (χ1) is 9.58. The van der Waals surface area contributed by atoms with Gasteiger partial charge in [0, 0.05) is 5.02 Å². The smallest absolute Gasteiger partial charge is 0.142 e. The topological polar surface area (TPSA) is 21.3 Å². The average Bonchev–Trinajstić information content (AvgIpc) is 2.41. The SMILES string of the molecule is CC(C)Oc1ccccc1NC(C)c1ccccc1Cl. The summed E-state index contributed by atoms with van der Waals surface area (Å²) in [5.41, 5.74) is 2.06. The second-order valence-electron chi connectivity index (χ2n) is 5.05. The molecule has 0 saturated heterocycles. The Morgan fingerprint density at radius 2 is 1.60 bits per heavy atom. The van der Waals surface area contributed by atoms with Crippen LogP contribution in [0, 0.1) is 0 Å². The molecular weight excluding hydrogens is 270 g/mol. The average molecular weight is 290 g/mol. The van der Waals surface area contributed by atoms with Gasteiger partial charge >= 0.3 is 0 Å². The number of ether oxygens (including phenoxy) is 1. The maximum Gasteiger partial charge on any atom is 0.142 e. The number of benzene rings is 2. The Morgan fingerprint density at radius 3 is 2.30 bits per heavy atom. The zero-order chi connectivity index (χ0) is 14.5. The van der Waals surface area contributed by atoms with Gasteiger partial charge in [0.05, 0.1) is 17.8 Å². The third-order valence-electron chi connectivity index (χ3n) is 2.99.